The lowest BCUT2D eigenvalue weighted by Gasteiger charge is -2.28. The van der Waals surface area contributed by atoms with Gasteiger partial charge in [0.05, 0.1) is 10.6 Å². The lowest BCUT2D eigenvalue weighted by atomic mass is 10.2. The van der Waals surface area contributed by atoms with E-state index >= 15 is 0 Å². The van der Waals surface area contributed by atoms with Crippen molar-refractivity contribution in [1.29, 1.82) is 0 Å². The van der Waals surface area contributed by atoms with E-state index in [4.69, 9.17) is 5.73 Å². The van der Waals surface area contributed by atoms with Crippen LogP contribution in [0.15, 0.2) is 17.0 Å². The van der Waals surface area contributed by atoms with Crippen molar-refractivity contribution in [1.82, 2.24) is 4.31 Å². The maximum Gasteiger partial charge on any atom is 0.243 e. The summed E-state index contributed by atoms with van der Waals surface area (Å²) in [6.45, 7) is 7.83. The standard InChI is InChI=1S/C15H25FN2O2S/c1-5-7-8-18(12(4)6-2)21(19,20)13-9-11(3)15(16)14(17)10-13/h9-10,12H,5-8,17H2,1-4H3. The largest absolute Gasteiger partial charge is 0.396 e. The first-order valence-corrected chi connectivity index (χ1v) is 8.77. The summed E-state index contributed by atoms with van der Waals surface area (Å²) in [5.41, 5.74) is 5.68. The summed E-state index contributed by atoms with van der Waals surface area (Å²) in [6.07, 6.45) is 2.42. The molecular weight excluding hydrogens is 291 g/mol. The van der Waals surface area contributed by atoms with Gasteiger partial charge in [0, 0.05) is 12.6 Å². The highest BCUT2D eigenvalue weighted by Crippen LogP contribution is 2.25. The van der Waals surface area contributed by atoms with Crippen LogP contribution in [0.25, 0.3) is 0 Å². The minimum atomic E-state index is -3.66. The van der Waals surface area contributed by atoms with E-state index in [0.29, 0.717) is 6.54 Å². The van der Waals surface area contributed by atoms with Crippen molar-refractivity contribution in [3.8, 4) is 0 Å². The number of nitrogens with zero attached hydrogens (tertiary/aromatic N) is 1. The van der Waals surface area contributed by atoms with Crippen LogP contribution in [-0.4, -0.2) is 25.3 Å². The first kappa shape index (κ1) is 17.9. The number of nitrogens with two attached hydrogens (primary N) is 1. The number of benzene rings is 1. The Kier molecular flexibility index (Phi) is 6.16. The van der Waals surface area contributed by atoms with Crippen LogP contribution in [-0.2, 0) is 10.0 Å². The molecule has 1 unspecified atom stereocenters. The zero-order valence-corrected chi connectivity index (χ0v) is 14.0. The minimum absolute atomic E-state index is 0.0651. The fourth-order valence-electron chi connectivity index (χ4n) is 2.14. The van der Waals surface area contributed by atoms with Gasteiger partial charge in [0.15, 0.2) is 0 Å². The summed E-state index contributed by atoms with van der Waals surface area (Å²) in [5.74, 6) is -0.558. The monoisotopic (exact) mass is 316 g/mol. The molecule has 0 saturated heterocycles. The summed E-state index contributed by atoms with van der Waals surface area (Å²) in [6, 6.07) is 2.45. The van der Waals surface area contributed by atoms with Gasteiger partial charge in [0.2, 0.25) is 10.0 Å². The molecule has 4 nitrogen and oxygen atoms in total. The molecule has 0 aliphatic rings. The maximum absolute atomic E-state index is 13.6. The molecule has 0 radical (unpaired) electrons. The molecule has 0 amide bonds. The molecule has 0 fully saturated rings. The van der Waals surface area contributed by atoms with Crippen LogP contribution in [0, 0.1) is 12.7 Å². The maximum atomic E-state index is 13.6. The second-order valence-electron chi connectivity index (χ2n) is 5.37. The lowest BCUT2D eigenvalue weighted by Crippen LogP contribution is -2.39. The highest BCUT2D eigenvalue weighted by molar-refractivity contribution is 7.89. The Morgan fingerprint density at radius 3 is 2.43 bits per heavy atom. The molecule has 2 N–H and O–H groups in total. The summed E-state index contributed by atoms with van der Waals surface area (Å²) < 4.78 is 40.7. The Labute approximate surface area is 127 Å². The fraction of sp³-hybridized carbons (Fsp3) is 0.600. The third-order valence-corrected chi connectivity index (χ3v) is 5.67. The second-order valence-corrected chi connectivity index (χ2v) is 7.26. The quantitative estimate of drug-likeness (QED) is 0.785. The number of rotatable bonds is 7. The minimum Gasteiger partial charge on any atom is -0.396 e. The van der Waals surface area contributed by atoms with E-state index in [2.05, 4.69) is 0 Å². The number of hydrogen-bond acceptors (Lipinski definition) is 3. The van der Waals surface area contributed by atoms with Gasteiger partial charge in [-0.1, -0.05) is 20.3 Å². The first-order valence-electron chi connectivity index (χ1n) is 7.33. The van der Waals surface area contributed by atoms with Crippen molar-refractivity contribution < 1.29 is 12.8 Å². The van der Waals surface area contributed by atoms with Crippen molar-refractivity contribution in [2.24, 2.45) is 0 Å². The molecule has 0 aliphatic carbocycles. The number of anilines is 1. The predicted octanol–water partition coefficient (Wildman–Crippen LogP) is 3.31. The van der Waals surface area contributed by atoms with Crippen molar-refractivity contribution in [2.75, 3.05) is 12.3 Å². The van der Waals surface area contributed by atoms with Crippen molar-refractivity contribution in [3.63, 3.8) is 0 Å². The van der Waals surface area contributed by atoms with Gasteiger partial charge in [-0.05, 0) is 44.4 Å². The third-order valence-electron chi connectivity index (χ3n) is 3.68. The van der Waals surface area contributed by atoms with E-state index in [-0.39, 0.29) is 22.2 Å². The SMILES string of the molecule is CCCCN(C(C)CC)S(=O)(=O)c1cc(C)c(F)c(N)c1. The van der Waals surface area contributed by atoms with E-state index in [1.165, 1.54) is 23.4 Å². The van der Waals surface area contributed by atoms with Gasteiger partial charge in [-0.3, -0.25) is 0 Å². The average Bonchev–Trinajstić information content (AvgIpc) is 2.43. The van der Waals surface area contributed by atoms with Gasteiger partial charge < -0.3 is 5.73 Å². The molecule has 21 heavy (non-hydrogen) atoms. The molecule has 1 aromatic carbocycles. The smallest absolute Gasteiger partial charge is 0.243 e. The third kappa shape index (κ3) is 3.95. The van der Waals surface area contributed by atoms with Gasteiger partial charge >= 0.3 is 0 Å². The van der Waals surface area contributed by atoms with Crippen LogP contribution in [0.1, 0.15) is 45.6 Å². The van der Waals surface area contributed by atoms with E-state index in [1.54, 1.807) is 0 Å². The fourth-order valence-corrected chi connectivity index (χ4v) is 4.01. The molecule has 0 bridgehead atoms. The number of aryl methyl sites for hydroxylation is 1. The van der Waals surface area contributed by atoms with Crippen LogP contribution in [0.3, 0.4) is 0 Å². The molecular formula is C15H25FN2O2S. The second kappa shape index (κ2) is 7.22. The summed E-state index contributed by atoms with van der Waals surface area (Å²) in [5, 5.41) is 0. The van der Waals surface area contributed by atoms with Crippen molar-refractivity contribution in [3.05, 3.63) is 23.5 Å². The highest BCUT2D eigenvalue weighted by atomic mass is 32.2. The number of hydrogen-bond donors (Lipinski definition) is 1. The van der Waals surface area contributed by atoms with Crippen molar-refractivity contribution in [2.45, 2.75) is 57.9 Å². The zero-order valence-electron chi connectivity index (χ0n) is 13.2. The van der Waals surface area contributed by atoms with Gasteiger partial charge in [-0.2, -0.15) is 4.31 Å². The average molecular weight is 316 g/mol. The predicted molar refractivity (Wildman–Crippen MR) is 84.1 cm³/mol. The molecule has 120 valence electrons. The molecule has 1 rings (SSSR count). The normalized spacial score (nSPS) is 13.6. The summed E-state index contributed by atoms with van der Waals surface area (Å²) >= 11 is 0. The molecule has 1 aromatic rings. The van der Waals surface area contributed by atoms with Crippen molar-refractivity contribution >= 4 is 15.7 Å². The molecule has 0 aromatic heterocycles. The number of halogens is 1. The number of sulfonamides is 1. The Balaban J connectivity index is 3.28. The topological polar surface area (TPSA) is 63.4 Å². The van der Waals surface area contributed by atoms with Crippen LogP contribution in [0.2, 0.25) is 0 Å². The van der Waals surface area contributed by atoms with Gasteiger partial charge in [0.25, 0.3) is 0 Å². The summed E-state index contributed by atoms with van der Waals surface area (Å²) in [4.78, 5) is 0.0651. The van der Waals surface area contributed by atoms with E-state index in [1.807, 2.05) is 20.8 Å². The molecule has 1 atom stereocenters. The Bertz CT molecular complexity index is 564. The Morgan fingerprint density at radius 2 is 1.95 bits per heavy atom. The van der Waals surface area contributed by atoms with E-state index < -0.39 is 15.8 Å². The molecule has 0 aliphatic heterocycles. The van der Waals surface area contributed by atoms with Crippen LogP contribution < -0.4 is 5.73 Å². The molecule has 0 spiro atoms. The molecule has 0 saturated carbocycles. The van der Waals surface area contributed by atoms with Gasteiger partial charge in [-0.25, -0.2) is 12.8 Å². The summed E-state index contributed by atoms with van der Waals surface area (Å²) in [7, 11) is -3.66. The van der Waals surface area contributed by atoms with Crippen LogP contribution >= 0.6 is 0 Å². The Morgan fingerprint density at radius 1 is 1.33 bits per heavy atom. The van der Waals surface area contributed by atoms with Gasteiger partial charge in [0.1, 0.15) is 5.82 Å². The number of unbranched alkanes of at least 4 members (excludes halogenated alkanes) is 1. The first-order chi connectivity index (χ1) is 9.75. The van der Waals surface area contributed by atoms with Gasteiger partial charge in [-0.15, -0.1) is 0 Å². The van der Waals surface area contributed by atoms with Crippen LogP contribution in [0.5, 0.6) is 0 Å². The highest BCUT2D eigenvalue weighted by Gasteiger charge is 2.28. The molecule has 0 heterocycles. The van der Waals surface area contributed by atoms with Crippen LogP contribution in [0.4, 0.5) is 10.1 Å². The lowest BCUT2D eigenvalue weighted by molar-refractivity contribution is 0.324. The number of nitrogen functional groups attached to an aromatic ring is 1. The van der Waals surface area contributed by atoms with E-state index in [9.17, 15) is 12.8 Å². The zero-order chi connectivity index (χ0) is 16.2. The van der Waals surface area contributed by atoms with E-state index in [0.717, 1.165) is 19.3 Å². The Hall–Kier alpha value is -1.14. The molecule has 6 heteroatoms.